The third-order valence-electron chi connectivity index (χ3n) is 4.01. The number of halogens is 3. The monoisotopic (exact) mass is 484 g/mol. The number of furan rings is 1. The van der Waals surface area contributed by atoms with Crippen molar-refractivity contribution in [2.45, 2.75) is 6.61 Å². The largest absolute Gasteiger partial charge is 0.494 e. The lowest BCUT2D eigenvalue weighted by Gasteiger charge is -2.13. The number of hydrogen-bond donors (Lipinski definition) is 3. The third-order valence-corrected chi connectivity index (χ3v) is 5.10. The van der Waals surface area contributed by atoms with Gasteiger partial charge in [0.25, 0.3) is 5.91 Å². The number of carbonyl (C=O) groups is 1. The lowest BCUT2D eigenvalue weighted by molar-refractivity contribution is 0.0977. The van der Waals surface area contributed by atoms with E-state index in [1.807, 2.05) is 0 Å². The maximum absolute atomic E-state index is 12.5. The minimum Gasteiger partial charge on any atom is -0.494 e. The molecule has 3 rings (SSSR count). The molecule has 1 amide bonds. The van der Waals surface area contributed by atoms with E-state index in [1.165, 1.54) is 19.2 Å². The van der Waals surface area contributed by atoms with Gasteiger partial charge in [-0.15, -0.1) is 0 Å². The summed E-state index contributed by atoms with van der Waals surface area (Å²) in [7, 11) is 1.43. The summed E-state index contributed by atoms with van der Waals surface area (Å²) < 4.78 is 10.6. The number of nitrogens with one attached hydrogen (secondary N) is 2. The fourth-order valence-electron chi connectivity index (χ4n) is 2.61. The summed E-state index contributed by atoms with van der Waals surface area (Å²) in [5.41, 5.74) is 1.39. The van der Waals surface area contributed by atoms with Crippen LogP contribution in [0.5, 0.6) is 5.75 Å². The molecule has 0 bridgehead atoms. The van der Waals surface area contributed by atoms with Gasteiger partial charge in [0.2, 0.25) is 0 Å². The summed E-state index contributed by atoms with van der Waals surface area (Å²) in [6, 6.07) is 11.4. The van der Waals surface area contributed by atoms with Gasteiger partial charge in [-0.3, -0.25) is 10.1 Å². The molecule has 0 atom stereocenters. The van der Waals surface area contributed by atoms with Gasteiger partial charge in [0.15, 0.2) is 10.9 Å². The number of anilines is 1. The SMILES string of the molecule is COc1c(Cl)cc(C(=O)NC(=S)Nc2cc(-c3ccc(CO)o3)ccc2Cl)cc1Cl. The molecule has 3 aromatic rings. The van der Waals surface area contributed by atoms with E-state index in [-0.39, 0.29) is 33.1 Å². The van der Waals surface area contributed by atoms with Crippen LogP contribution in [-0.4, -0.2) is 23.2 Å². The molecule has 0 aliphatic heterocycles. The summed E-state index contributed by atoms with van der Waals surface area (Å²) in [5.74, 6) is 0.761. The summed E-state index contributed by atoms with van der Waals surface area (Å²) in [6.07, 6.45) is 0. The van der Waals surface area contributed by atoms with Crippen molar-refractivity contribution in [3.8, 4) is 17.1 Å². The van der Waals surface area contributed by atoms with E-state index in [9.17, 15) is 4.79 Å². The maximum atomic E-state index is 12.5. The lowest BCUT2D eigenvalue weighted by Crippen LogP contribution is -2.34. The van der Waals surface area contributed by atoms with Gasteiger partial charge in [-0.2, -0.15) is 0 Å². The van der Waals surface area contributed by atoms with Crippen LogP contribution in [0.2, 0.25) is 15.1 Å². The highest BCUT2D eigenvalue weighted by Crippen LogP contribution is 2.34. The maximum Gasteiger partial charge on any atom is 0.257 e. The van der Waals surface area contributed by atoms with Crippen molar-refractivity contribution in [3.05, 3.63) is 68.9 Å². The number of aliphatic hydroxyl groups excluding tert-OH is 1. The van der Waals surface area contributed by atoms with Crippen LogP contribution in [0, 0.1) is 0 Å². The van der Waals surface area contributed by atoms with Crippen LogP contribution in [0.15, 0.2) is 46.9 Å². The van der Waals surface area contributed by atoms with Gasteiger partial charge in [-0.1, -0.05) is 34.8 Å². The Morgan fingerprint density at radius 2 is 1.80 bits per heavy atom. The third kappa shape index (κ3) is 5.06. The number of methoxy groups -OCH3 is 1. The van der Waals surface area contributed by atoms with Gasteiger partial charge in [-0.25, -0.2) is 0 Å². The van der Waals surface area contributed by atoms with Gasteiger partial charge in [0, 0.05) is 11.1 Å². The second-order valence-electron chi connectivity index (χ2n) is 6.00. The summed E-state index contributed by atoms with van der Waals surface area (Å²) in [4.78, 5) is 12.5. The van der Waals surface area contributed by atoms with Gasteiger partial charge in [0.1, 0.15) is 18.1 Å². The number of aliphatic hydroxyl groups is 1. The van der Waals surface area contributed by atoms with Crippen molar-refractivity contribution < 1.29 is 19.1 Å². The molecule has 0 unspecified atom stereocenters. The van der Waals surface area contributed by atoms with Crippen molar-refractivity contribution in [1.29, 1.82) is 0 Å². The molecule has 3 N–H and O–H groups in total. The second-order valence-corrected chi connectivity index (χ2v) is 7.63. The molecule has 0 aliphatic carbocycles. The quantitative estimate of drug-likeness (QED) is 0.412. The number of thiocarbonyl (C=S) groups is 1. The van der Waals surface area contributed by atoms with E-state index in [1.54, 1.807) is 30.3 Å². The zero-order valence-corrected chi connectivity index (χ0v) is 18.5. The highest BCUT2D eigenvalue weighted by atomic mass is 35.5. The van der Waals surface area contributed by atoms with E-state index in [2.05, 4.69) is 10.6 Å². The minimum atomic E-state index is -0.509. The number of carbonyl (C=O) groups excluding carboxylic acids is 1. The number of rotatable bonds is 5. The first-order valence-electron chi connectivity index (χ1n) is 8.47. The summed E-state index contributed by atoms with van der Waals surface area (Å²) in [5, 5.41) is 15.4. The van der Waals surface area contributed by atoms with E-state index in [0.29, 0.717) is 27.8 Å². The van der Waals surface area contributed by atoms with E-state index >= 15 is 0 Å². The van der Waals surface area contributed by atoms with Crippen molar-refractivity contribution >= 4 is 63.7 Å². The molecule has 0 radical (unpaired) electrons. The van der Waals surface area contributed by atoms with Gasteiger partial charge in [0.05, 0.1) is 27.9 Å². The van der Waals surface area contributed by atoms with E-state index in [4.69, 9.17) is 61.3 Å². The lowest BCUT2D eigenvalue weighted by atomic mass is 10.1. The minimum absolute atomic E-state index is 0.0256. The van der Waals surface area contributed by atoms with Gasteiger partial charge < -0.3 is 19.6 Å². The molecule has 10 heteroatoms. The predicted molar refractivity (Wildman–Crippen MR) is 122 cm³/mol. The molecule has 1 heterocycles. The average molecular weight is 486 g/mol. The Hall–Kier alpha value is -2.29. The van der Waals surface area contributed by atoms with Crippen LogP contribution in [-0.2, 0) is 6.61 Å². The zero-order chi connectivity index (χ0) is 21.8. The Labute approximate surface area is 192 Å². The van der Waals surface area contributed by atoms with Crippen LogP contribution in [0.3, 0.4) is 0 Å². The number of ether oxygens (including phenoxy) is 1. The van der Waals surface area contributed by atoms with Crippen molar-refractivity contribution in [2.24, 2.45) is 0 Å². The highest BCUT2D eigenvalue weighted by Gasteiger charge is 2.15. The van der Waals surface area contributed by atoms with Crippen LogP contribution in [0.4, 0.5) is 5.69 Å². The molecule has 0 saturated carbocycles. The first-order valence-corrected chi connectivity index (χ1v) is 10.0. The predicted octanol–water partition coefficient (Wildman–Crippen LogP) is 5.53. The molecule has 0 aliphatic rings. The molecule has 30 heavy (non-hydrogen) atoms. The Bertz CT molecular complexity index is 1090. The summed E-state index contributed by atoms with van der Waals surface area (Å²) >= 11 is 23.6. The molecule has 156 valence electrons. The van der Waals surface area contributed by atoms with Crippen LogP contribution >= 0.6 is 47.0 Å². The molecule has 0 saturated heterocycles. The van der Waals surface area contributed by atoms with Crippen LogP contribution < -0.4 is 15.4 Å². The van der Waals surface area contributed by atoms with Crippen LogP contribution in [0.25, 0.3) is 11.3 Å². The summed E-state index contributed by atoms with van der Waals surface area (Å²) in [6.45, 7) is -0.200. The van der Waals surface area contributed by atoms with E-state index < -0.39 is 5.91 Å². The van der Waals surface area contributed by atoms with Crippen molar-refractivity contribution in [2.75, 3.05) is 12.4 Å². The highest BCUT2D eigenvalue weighted by molar-refractivity contribution is 7.80. The van der Waals surface area contributed by atoms with Gasteiger partial charge in [-0.05, 0) is 54.7 Å². The Morgan fingerprint density at radius 3 is 2.40 bits per heavy atom. The molecule has 1 aromatic heterocycles. The first kappa shape index (κ1) is 22.4. The normalized spacial score (nSPS) is 10.6. The average Bonchev–Trinajstić information content (AvgIpc) is 3.18. The van der Waals surface area contributed by atoms with Crippen molar-refractivity contribution in [3.63, 3.8) is 0 Å². The fourth-order valence-corrected chi connectivity index (χ4v) is 3.62. The standard InChI is InChI=1S/C20H15Cl3N2O4S/c1-28-18-14(22)6-11(7-15(18)23)19(27)25-20(30)24-16-8-10(2-4-13(16)21)17-5-3-12(9-26)29-17/h2-8,26H,9H2,1H3,(H2,24,25,27,30). The van der Waals surface area contributed by atoms with E-state index in [0.717, 1.165) is 0 Å². The van der Waals surface area contributed by atoms with Gasteiger partial charge >= 0.3 is 0 Å². The topological polar surface area (TPSA) is 83.7 Å². The molecule has 2 aromatic carbocycles. The Kier molecular flexibility index (Phi) is 7.23. The second kappa shape index (κ2) is 9.68. The molecule has 0 fully saturated rings. The first-order chi connectivity index (χ1) is 14.3. The smallest absolute Gasteiger partial charge is 0.257 e. The van der Waals surface area contributed by atoms with Crippen LogP contribution in [0.1, 0.15) is 16.1 Å². The molecule has 6 nitrogen and oxygen atoms in total. The van der Waals surface area contributed by atoms with Crippen molar-refractivity contribution in [1.82, 2.24) is 5.32 Å². The molecular formula is C20H15Cl3N2O4S. The number of amides is 1. The zero-order valence-electron chi connectivity index (χ0n) is 15.5. The fraction of sp³-hybridized carbons (Fsp3) is 0.100. The molecule has 0 spiro atoms. The Morgan fingerprint density at radius 1 is 1.10 bits per heavy atom. The Balaban J connectivity index is 1.74. The number of benzene rings is 2. The molecular weight excluding hydrogens is 471 g/mol. The number of hydrogen-bond acceptors (Lipinski definition) is 5.